The summed E-state index contributed by atoms with van der Waals surface area (Å²) in [5.74, 6) is -0.152. The number of carbonyl (C=O) groups is 1. The third-order valence-corrected chi connectivity index (χ3v) is 3.76. The topological polar surface area (TPSA) is 64.2 Å². The van der Waals surface area contributed by atoms with Gasteiger partial charge in [0, 0.05) is 25.2 Å². The van der Waals surface area contributed by atoms with Gasteiger partial charge in [0.15, 0.2) is 5.69 Å². The van der Waals surface area contributed by atoms with Crippen molar-refractivity contribution in [2.24, 2.45) is 7.05 Å². The molecule has 96 valence electrons. The summed E-state index contributed by atoms with van der Waals surface area (Å²) in [6.07, 6.45) is 1.64. The minimum Gasteiger partial charge on any atom is -0.396 e. The van der Waals surface area contributed by atoms with Crippen LogP contribution in [-0.2, 0) is 13.6 Å². The van der Waals surface area contributed by atoms with Crippen LogP contribution in [0.1, 0.15) is 20.9 Å². The van der Waals surface area contributed by atoms with E-state index in [2.05, 4.69) is 5.10 Å². The van der Waals surface area contributed by atoms with Crippen molar-refractivity contribution in [3.63, 3.8) is 0 Å². The smallest absolute Gasteiger partial charge is 0.276 e. The molecule has 0 aromatic carbocycles. The van der Waals surface area contributed by atoms with Crippen molar-refractivity contribution in [3.05, 3.63) is 33.8 Å². The van der Waals surface area contributed by atoms with Crippen LogP contribution in [0.25, 0.3) is 0 Å². The summed E-state index contributed by atoms with van der Waals surface area (Å²) in [7, 11) is 3.51. The number of anilines is 1. The van der Waals surface area contributed by atoms with Gasteiger partial charge in [0.05, 0.1) is 12.2 Å². The van der Waals surface area contributed by atoms with Crippen molar-refractivity contribution in [1.82, 2.24) is 14.7 Å². The molecule has 0 saturated heterocycles. The van der Waals surface area contributed by atoms with Crippen molar-refractivity contribution in [3.8, 4) is 0 Å². The van der Waals surface area contributed by atoms with Crippen molar-refractivity contribution < 1.29 is 4.79 Å². The van der Waals surface area contributed by atoms with Crippen LogP contribution in [0.5, 0.6) is 0 Å². The molecule has 2 rings (SSSR count). The van der Waals surface area contributed by atoms with Gasteiger partial charge >= 0.3 is 0 Å². The van der Waals surface area contributed by atoms with Crippen LogP contribution in [-0.4, -0.2) is 27.6 Å². The van der Waals surface area contributed by atoms with Gasteiger partial charge in [0.2, 0.25) is 0 Å². The van der Waals surface area contributed by atoms with Crippen molar-refractivity contribution in [1.29, 1.82) is 0 Å². The third kappa shape index (κ3) is 2.38. The molecular weight excluding hydrogens is 248 g/mol. The van der Waals surface area contributed by atoms with Crippen LogP contribution in [0.2, 0.25) is 0 Å². The van der Waals surface area contributed by atoms with Gasteiger partial charge in [0.25, 0.3) is 5.91 Å². The number of aromatic nitrogens is 2. The molecule has 0 saturated carbocycles. The molecule has 0 unspecified atom stereocenters. The molecule has 2 aromatic rings. The van der Waals surface area contributed by atoms with Gasteiger partial charge in [-0.1, -0.05) is 0 Å². The Morgan fingerprint density at radius 1 is 1.61 bits per heavy atom. The van der Waals surface area contributed by atoms with E-state index in [4.69, 9.17) is 5.73 Å². The van der Waals surface area contributed by atoms with E-state index in [1.54, 1.807) is 41.2 Å². The second-order valence-electron chi connectivity index (χ2n) is 4.29. The molecule has 6 heteroatoms. The summed E-state index contributed by atoms with van der Waals surface area (Å²) in [5, 5.41) is 6.11. The van der Waals surface area contributed by atoms with Crippen molar-refractivity contribution in [2.45, 2.75) is 13.5 Å². The molecular formula is C12H16N4OS. The van der Waals surface area contributed by atoms with Gasteiger partial charge in [0.1, 0.15) is 0 Å². The maximum Gasteiger partial charge on any atom is 0.276 e. The fourth-order valence-electron chi connectivity index (χ4n) is 1.71. The molecule has 0 aliphatic carbocycles. The summed E-state index contributed by atoms with van der Waals surface area (Å²) in [4.78, 5) is 15.0. The number of hydrogen-bond acceptors (Lipinski definition) is 4. The molecule has 0 aliphatic heterocycles. The van der Waals surface area contributed by atoms with Crippen LogP contribution in [0, 0.1) is 6.92 Å². The molecule has 0 bridgehead atoms. The fraction of sp³-hybridized carbons (Fsp3) is 0.333. The standard InChI is InChI=1S/C12H16N4OS/c1-8-4-5-18-10(8)7-15(2)12(17)11-9(13)6-16(3)14-11/h4-6H,7,13H2,1-3H3. The zero-order valence-electron chi connectivity index (χ0n) is 10.7. The first-order valence-corrected chi connectivity index (χ1v) is 6.44. The van der Waals surface area contributed by atoms with Crippen LogP contribution in [0.3, 0.4) is 0 Å². The molecule has 1 amide bonds. The van der Waals surface area contributed by atoms with E-state index in [0.717, 1.165) is 0 Å². The van der Waals surface area contributed by atoms with E-state index >= 15 is 0 Å². The normalized spacial score (nSPS) is 10.6. The number of nitrogens with two attached hydrogens (primary N) is 1. The highest BCUT2D eigenvalue weighted by Crippen LogP contribution is 2.19. The number of thiophene rings is 1. The van der Waals surface area contributed by atoms with Crippen LogP contribution in [0.15, 0.2) is 17.6 Å². The lowest BCUT2D eigenvalue weighted by Gasteiger charge is -2.15. The Labute approximate surface area is 110 Å². The number of carbonyl (C=O) groups excluding carboxylic acids is 1. The first-order valence-electron chi connectivity index (χ1n) is 5.56. The van der Waals surface area contributed by atoms with Crippen molar-refractivity contribution in [2.75, 3.05) is 12.8 Å². The maximum absolute atomic E-state index is 12.2. The summed E-state index contributed by atoms with van der Waals surface area (Å²) < 4.78 is 1.55. The van der Waals surface area contributed by atoms with E-state index in [1.807, 2.05) is 18.4 Å². The fourth-order valence-corrected chi connectivity index (χ4v) is 2.67. The molecule has 2 heterocycles. The number of aryl methyl sites for hydroxylation is 2. The maximum atomic E-state index is 12.2. The molecule has 0 radical (unpaired) electrons. The highest BCUT2D eigenvalue weighted by Gasteiger charge is 2.19. The van der Waals surface area contributed by atoms with E-state index in [0.29, 0.717) is 17.9 Å². The first-order chi connectivity index (χ1) is 8.49. The number of rotatable bonds is 3. The quantitative estimate of drug-likeness (QED) is 0.916. The summed E-state index contributed by atoms with van der Waals surface area (Å²) in [5.41, 5.74) is 7.69. The van der Waals surface area contributed by atoms with Gasteiger partial charge < -0.3 is 10.6 Å². The monoisotopic (exact) mass is 264 g/mol. The van der Waals surface area contributed by atoms with E-state index < -0.39 is 0 Å². The number of nitrogens with zero attached hydrogens (tertiary/aromatic N) is 3. The lowest BCUT2D eigenvalue weighted by Crippen LogP contribution is -2.27. The highest BCUT2D eigenvalue weighted by atomic mass is 32.1. The summed E-state index contributed by atoms with van der Waals surface area (Å²) >= 11 is 1.65. The molecule has 2 aromatic heterocycles. The second kappa shape index (κ2) is 4.81. The molecule has 0 spiro atoms. The molecule has 0 aliphatic rings. The first kappa shape index (κ1) is 12.6. The lowest BCUT2D eigenvalue weighted by atomic mass is 10.2. The predicted molar refractivity (Wildman–Crippen MR) is 72.5 cm³/mol. The van der Waals surface area contributed by atoms with Crippen LogP contribution in [0.4, 0.5) is 5.69 Å². The Kier molecular flexibility index (Phi) is 3.38. The second-order valence-corrected chi connectivity index (χ2v) is 5.30. The number of nitrogen functional groups attached to an aromatic ring is 1. The van der Waals surface area contributed by atoms with Gasteiger partial charge in [-0.05, 0) is 23.9 Å². The van der Waals surface area contributed by atoms with Gasteiger partial charge in [-0.3, -0.25) is 9.48 Å². The Balaban J connectivity index is 2.14. The molecule has 0 atom stereocenters. The zero-order chi connectivity index (χ0) is 13.3. The van der Waals surface area contributed by atoms with Gasteiger partial charge in [-0.2, -0.15) is 5.10 Å². The van der Waals surface area contributed by atoms with Gasteiger partial charge in [-0.25, -0.2) is 0 Å². The highest BCUT2D eigenvalue weighted by molar-refractivity contribution is 7.10. The predicted octanol–water partition coefficient (Wildman–Crippen LogP) is 1.64. The minimum absolute atomic E-state index is 0.152. The van der Waals surface area contributed by atoms with E-state index in [1.165, 1.54) is 10.4 Å². The lowest BCUT2D eigenvalue weighted by molar-refractivity contribution is 0.0780. The number of amides is 1. The molecule has 2 N–H and O–H groups in total. The largest absolute Gasteiger partial charge is 0.396 e. The number of hydrogen-bond donors (Lipinski definition) is 1. The summed E-state index contributed by atoms with van der Waals surface area (Å²) in [6.45, 7) is 2.62. The summed E-state index contributed by atoms with van der Waals surface area (Å²) in [6, 6.07) is 2.05. The Bertz CT molecular complexity index is 572. The minimum atomic E-state index is -0.152. The van der Waals surface area contributed by atoms with E-state index in [-0.39, 0.29) is 5.91 Å². The molecule has 0 fully saturated rings. The third-order valence-electron chi connectivity index (χ3n) is 2.76. The van der Waals surface area contributed by atoms with Crippen molar-refractivity contribution >= 4 is 22.9 Å². The average Bonchev–Trinajstić information content (AvgIpc) is 2.85. The van der Waals surface area contributed by atoms with E-state index in [9.17, 15) is 4.79 Å². The van der Waals surface area contributed by atoms with Crippen LogP contribution < -0.4 is 5.73 Å². The average molecular weight is 264 g/mol. The molecule has 18 heavy (non-hydrogen) atoms. The molecule has 5 nitrogen and oxygen atoms in total. The Morgan fingerprint density at radius 2 is 2.33 bits per heavy atom. The zero-order valence-corrected chi connectivity index (χ0v) is 11.5. The SMILES string of the molecule is Cc1ccsc1CN(C)C(=O)c1nn(C)cc1N. The Hall–Kier alpha value is -1.82. The van der Waals surface area contributed by atoms with Gasteiger partial charge in [-0.15, -0.1) is 11.3 Å². The van der Waals surface area contributed by atoms with Crippen LogP contribution >= 0.6 is 11.3 Å². The Morgan fingerprint density at radius 3 is 2.83 bits per heavy atom.